The number of rotatable bonds is 5. The van der Waals surface area contributed by atoms with Crippen molar-refractivity contribution in [3.05, 3.63) is 199 Å². The van der Waals surface area contributed by atoms with E-state index in [-0.39, 0.29) is 5.41 Å². The molecular formula is C51H37NO. The quantitative estimate of drug-likeness (QED) is 0.180. The second-order valence-electron chi connectivity index (χ2n) is 14.5. The summed E-state index contributed by atoms with van der Waals surface area (Å²) in [7, 11) is 0. The van der Waals surface area contributed by atoms with Crippen molar-refractivity contribution in [1.29, 1.82) is 0 Å². The average Bonchev–Trinajstić information content (AvgIpc) is 3.34. The van der Waals surface area contributed by atoms with Gasteiger partial charge in [-0.1, -0.05) is 159 Å². The fraction of sp³-hybridized carbons (Fsp3) is 0.0588. The van der Waals surface area contributed by atoms with Gasteiger partial charge in [0.15, 0.2) is 5.75 Å². The minimum absolute atomic E-state index is 0.141. The average molecular weight is 680 g/mol. The second-order valence-corrected chi connectivity index (χ2v) is 14.5. The minimum atomic E-state index is -0.141. The third-order valence-electron chi connectivity index (χ3n) is 11.1. The smallest absolute Gasteiger partial charge is 0.159 e. The van der Waals surface area contributed by atoms with Crippen LogP contribution >= 0.6 is 0 Å². The summed E-state index contributed by atoms with van der Waals surface area (Å²) in [5.74, 6) is 1.67. The molecule has 0 radical (unpaired) electrons. The third kappa shape index (κ3) is 5.10. The largest absolute Gasteiger partial charge is 0.454 e. The zero-order chi connectivity index (χ0) is 35.5. The van der Waals surface area contributed by atoms with Gasteiger partial charge in [0.25, 0.3) is 0 Å². The zero-order valence-corrected chi connectivity index (χ0v) is 29.8. The number of benzene rings is 8. The lowest BCUT2D eigenvalue weighted by Crippen LogP contribution is -2.17. The van der Waals surface area contributed by atoms with E-state index in [1.165, 1.54) is 38.9 Å². The Morgan fingerprint density at radius 2 is 0.962 bits per heavy atom. The molecule has 0 saturated heterocycles. The normalized spacial score (nSPS) is 13.0. The molecule has 1 aliphatic heterocycles. The van der Waals surface area contributed by atoms with Crippen molar-refractivity contribution in [2.24, 2.45) is 0 Å². The first-order valence-electron chi connectivity index (χ1n) is 18.3. The molecule has 53 heavy (non-hydrogen) atoms. The highest BCUT2D eigenvalue weighted by Gasteiger charge is 2.36. The highest BCUT2D eigenvalue weighted by molar-refractivity contribution is 5.97. The van der Waals surface area contributed by atoms with Crippen molar-refractivity contribution in [2.75, 3.05) is 4.90 Å². The Kier molecular flexibility index (Phi) is 7.19. The molecule has 0 aromatic heterocycles. The van der Waals surface area contributed by atoms with Gasteiger partial charge in [-0.15, -0.1) is 0 Å². The lowest BCUT2D eigenvalue weighted by atomic mass is 9.82. The SMILES string of the molecule is CC1(C)c2ccccc2-c2ccc(N(c3cccc(-c4ccccc4)c3)c3cccc4c3Oc3ccccc3-c3cc(-c5ccccc5)ccc3-4)cc21. The predicted molar refractivity (Wildman–Crippen MR) is 221 cm³/mol. The monoisotopic (exact) mass is 679 g/mol. The van der Waals surface area contributed by atoms with Gasteiger partial charge in [0, 0.05) is 27.9 Å². The Labute approximate surface area is 311 Å². The number of hydrogen-bond acceptors (Lipinski definition) is 2. The standard InChI is InChI=1S/C51H37NO/c1-51(2)46-24-11-9-21-41(46)42-30-28-39(33-47(42)51)52(38-20-13-19-36(31-38)34-15-5-3-6-16-34)48-25-14-23-44-40-29-27-37(35-17-7-4-8-18-35)32-45(40)43-22-10-12-26-49(43)53-50(44)48/h3-33H,1-2H3. The molecule has 0 bridgehead atoms. The molecule has 0 spiro atoms. The molecule has 8 aromatic carbocycles. The molecule has 0 atom stereocenters. The van der Waals surface area contributed by atoms with E-state index in [0.29, 0.717) is 0 Å². The van der Waals surface area contributed by atoms with Gasteiger partial charge >= 0.3 is 0 Å². The summed E-state index contributed by atoms with van der Waals surface area (Å²) in [5, 5.41) is 0. The molecule has 252 valence electrons. The third-order valence-corrected chi connectivity index (χ3v) is 11.1. The number of nitrogens with zero attached hydrogens (tertiary/aromatic N) is 1. The Morgan fingerprint density at radius 1 is 0.377 bits per heavy atom. The van der Waals surface area contributed by atoms with Crippen molar-refractivity contribution in [3.8, 4) is 67.1 Å². The maximum absolute atomic E-state index is 7.14. The van der Waals surface area contributed by atoms with Gasteiger partial charge in [-0.2, -0.15) is 0 Å². The van der Waals surface area contributed by atoms with Crippen LogP contribution in [0.4, 0.5) is 17.1 Å². The van der Waals surface area contributed by atoms with Gasteiger partial charge in [0.05, 0.1) is 5.69 Å². The topological polar surface area (TPSA) is 12.5 Å². The van der Waals surface area contributed by atoms with E-state index in [1.807, 2.05) is 0 Å². The maximum atomic E-state index is 7.14. The van der Waals surface area contributed by atoms with Gasteiger partial charge < -0.3 is 9.64 Å². The Hall–Kier alpha value is -6.64. The predicted octanol–water partition coefficient (Wildman–Crippen LogP) is 14.2. The van der Waals surface area contributed by atoms with Crippen LogP contribution in [-0.2, 0) is 5.41 Å². The Balaban J connectivity index is 1.21. The van der Waals surface area contributed by atoms with Crippen molar-refractivity contribution >= 4 is 17.1 Å². The second kappa shape index (κ2) is 12.3. The zero-order valence-electron chi connectivity index (χ0n) is 29.8. The summed E-state index contributed by atoms with van der Waals surface area (Å²) >= 11 is 0. The van der Waals surface area contributed by atoms with Crippen LogP contribution in [0.1, 0.15) is 25.0 Å². The van der Waals surface area contributed by atoms with Crippen LogP contribution in [0, 0.1) is 0 Å². The van der Waals surface area contributed by atoms with Crippen LogP contribution < -0.4 is 9.64 Å². The van der Waals surface area contributed by atoms with Crippen LogP contribution in [0.25, 0.3) is 55.6 Å². The number of anilines is 3. The molecule has 0 saturated carbocycles. The fourth-order valence-corrected chi connectivity index (χ4v) is 8.43. The molecule has 8 aromatic rings. The van der Waals surface area contributed by atoms with Crippen molar-refractivity contribution in [2.45, 2.75) is 19.3 Å². The number of fused-ring (bicyclic) bond motifs is 8. The van der Waals surface area contributed by atoms with Gasteiger partial charge in [-0.25, -0.2) is 0 Å². The summed E-state index contributed by atoms with van der Waals surface area (Å²) in [6.45, 7) is 4.69. The van der Waals surface area contributed by atoms with Crippen molar-refractivity contribution in [1.82, 2.24) is 0 Å². The fourth-order valence-electron chi connectivity index (χ4n) is 8.43. The van der Waals surface area contributed by atoms with Gasteiger partial charge in [0.1, 0.15) is 5.75 Å². The Morgan fingerprint density at radius 3 is 1.75 bits per heavy atom. The molecule has 0 unspecified atom stereocenters. The number of ether oxygens (including phenoxy) is 1. The molecule has 1 aliphatic carbocycles. The van der Waals surface area contributed by atoms with Crippen molar-refractivity contribution < 1.29 is 4.74 Å². The van der Waals surface area contributed by atoms with Crippen LogP contribution in [0.5, 0.6) is 11.5 Å². The molecule has 2 aliphatic rings. The maximum Gasteiger partial charge on any atom is 0.159 e. The summed E-state index contributed by atoms with van der Waals surface area (Å²) in [6.07, 6.45) is 0. The first-order chi connectivity index (χ1) is 26.0. The molecular weight excluding hydrogens is 643 g/mol. The molecule has 10 rings (SSSR count). The van der Waals surface area contributed by atoms with E-state index in [1.54, 1.807) is 0 Å². The molecule has 0 N–H and O–H groups in total. The Bertz CT molecular complexity index is 2670. The van der Waals surface area contributed by atoms with Gasteiger partial charge in [0.2, 0.25) is 0 Å². The van der Waals surface area contributed by atoms with E-state index in [9.17, 15) is 0 Å². The van der Waals surface area contributed by atoms with E-state index in [4.69, 9.17) is 4.74 Å². The molecule has 0 amide bonds. The van der Waals surface area contributed by atoms with Crippen LogP contribution in [0.15, 0.2) is 188 Å². The van der Waals surface area contributed by atoms with Gasteiger partial charge in [-0.3, -0.25) is 0 Å². The number of hydrogen-bond donors (Lipinski definition) is 0. The molecule has 0 fully saturated rings. The molecule has 2 nitrogen and oxygen atoms in total. The lowest BCUT2D eigenvalue weighted by molar-refractivity contribution is 0.489. The highest BCUT2D eigenvalue weighted by Crippen LogP contribution is 2.55. The van der Waals surface area contributed by atoms with Gasteiger partial charge in [-0.05, 0) is 98.1 Å². The van der Waals surface area contributed by atoms with E-state index in [0.717, 1.165) is 56.4 Å². The molecule has 2 heteroatoms. The first-order valence-corrected chi connectivity index (χ1v) is 18.3. The summed E-state index contributed by atoms with van der Waals surface area (Å²) in [6, 6.07) is 67.7. The van der Waals surface area contributed by atoms with Crippen LogP contribution in [-0.4, -0.2) is 0 Å². The first kappa shape index (κ1) is 31.1. The van der Waals surface area contributed by atoms with E-state index < -0.39 is 0 Å². The summed E-state index contributed by atoms with van der Waals surface area (Å²) < 4.78 is 7.14. The minimum Gasteiger partial charge on any atom is -0.454 e. The van der Waals surface area contributed by atoms with Crippen molar-refractivity contribution in [3.63, 3.8) is 0 Å². The summed E-state index contributed by atoms with van der Waals surface area (Å²) in [4.78, 5) is 2.39. The lowest BCUT2D eigenvalue weighted by Gasteiger charge is -2.30. The van der Waals surface area contributed by atoms with E-state index in [2.05, 4.69) is 207 Å². The molecule has 1 heterocycles. The summed E-state index contributed by atoms with van der Waals surface area (Å²) in [5.41, 5.74) is 17.5. The van der Waals surface area contributed by atoms with Crippen LogP contribution in [0.3, 0.4) is 0 Å². The van der Waals surface area contributed by atoms with E-state index >= 15 is 0 Å². The highest BCUT2D eigenvalue weighted by atomic mass is 16.5. The van der Waals surface area contributed by atoms with Crippen LogP contribution in [0.2, 0.25) is 0 Å². The number of para-hydroxylation sites is 2.